The minimum absolute atomic E-state index is 0.0404. The number of hydrogen-bond donors (Lipinski definition) is 5. The van der Waals surface area contributed by atoms with Gasteiger partial charge in [0.1, 0.15) is 5.82 Å². The molecule has 0 radical (unpaired) electrons. The first kappa shape index (κ1) is 27.6. The topological polar surface area (TPSA) is 131 Å². The van der Waals surface area contributed by atoms with Crippen LogP contribution in [0.15, 0.2) is 30.3 Å². The zero-order valence-electron chi connectivity index (χ0n) is 19.8. The van der Waals surface area contributed by atoms with E-state index in [2.05, 4.69) is 0 Å². The van der Waals surface area contributed by atoms with Crippen LogP contribution in [0.5, 0.6) is 0 Å². The molecule has 0 fully saturated rings. The fraction of sp³-hybridized carbons (Fsp3) is 0.462. The number of pyridine rings is 1. The molecule has 0 aliphatic carbocycles. The Labute approximate surface area is 199 Å². The molecule has 34 heavy (non-hydrogen) atoms. The quantitative estimate of drug-likeness (QED) is 0.318. The number of carbonyl (C=O) groups is 1. The number of carboxylic acid groups (broad SMARTS) is 1. The predicted octanol–water partition coefficient (Wildman–Crippen LogP) is 3.24. The molecule has 0 aliphatic rings. The molecule has 0 spiro atoms. The van der Waals surface area contributed by atoms with Crippen molar-refractivity contribution >= 4 is 12.0 Å². The summed E-state index contributed by atoms with van der Waals surface area (Å²) in [5.74, 6) is -1.89. The van der Waals surface area contributed by atoms with Crippen molar-refractivity contribution in [3.8, 4) is 11.1 Å². The summed E-state index contributed by atoms with van der Waals surface area (Å²) in [6.07, 6.45) is 0.480. The fourth-order valence-corrected chi connectivity index (χ4v) is 3.94. The van der Waals surface area contributed by atoms with E-state index in [4.69, 9.17) is 10.1 Å². The van der Waals surface area contributed by atoms with Gasteiger partial charge in [-0.2, -0.15) is 0 Å². The summed E-state index contributed by atoms with van der Waals surface area (Å²) in [7, 11) is 0. The molecule has 2 aromatic rings. The van der Waals surface area contributed by atoms with Crippen molar-refractivity contribution in [2.24, 2.45) is 0 Å². The Morgan fingerprint density at radius 1 is 1.09 bits per heavy atom. The van der Waals surface area contributed by atoms with Gasteiger partial charge in [0, 0.05) is 30.2 Å². The molecule has 186 valence electrons. The number of aromatic nitrogens is 1. The van der Waals surface area contributed by atoms with Crippen LogP contribution in [0.4, 0.5) is 4.39 Å². The minimum Gasteiger partial charge on any atom is -0.481 e. The maximum atomic E-state index is 13.7. The smallest absolute Gasteiger partial charge is 0.305 e. The SMILES string of the molecule is CC(C)c1nc([C@H](C)CO)c(CCO)c(-c2ccc(F)cc2)c1C=C[C@@H](O)C[C@@H](O)CC(=O)O. The zero-order chi connectivity index (χ0) is 25.4. The summed E-state index contributed by atoms with van der Waals surface area (Å²) in [6.45, 7) is 5.46. The number of aliphatic hydroxyl groups is 4. The largest absolute Gasteiger partial charge is 0.481 e. The minimum atomic E-state index is -1.20. The van der Waals surface area contributed by atoms with Crippen molar-refractivity contribution in [3.05, 3.63) is 58.7 Å². The highest BCUT2D eigenvalue weighted by Gasteiger charge is 2.24. The molecular formula is C26H34FNO6. The molecule has 1 heterocycles. The van der Waals surface area contributed by atoms with Gasteiger partial charge in [0.05, 0.1) is 30.9 Å². The standard InChI is InChI=1S/C26H34FNO6/c1-15(2)25-21(9-8-19(31)12-20(32)13-23(33)34)24(17-4-6-18(27)7-5-17)22(10-11-29)26(28-25)16(3)14-30/h4-9,15-16,19-20,29-32H,10-14H2,1-3H3,(H,33,34)/t16-,19-,20-/m1/s1. The summed E-state index contributed by atoms with van der Waals surface area (Å²) in [5, 5.41) is 48.7. The van der Waals surface area contributed by atoms with E-state index >= 15 is 0 Å². The van der Waals surface area contributed by atoms with Crippen LogP contribution in [0.2, 0.25) is 0 Å². The summed E-state index contributed by atoms with van der Waals surface area (Å²) in [4.78, 5) is 15.6. The average molecular weight is 476 g/mol. The van der Waals surface area contributed by atoms with Gasteiger partial charge >= 0.3 is 5.97 Å². The van der Waals surface area contributed by atoms with Crippen molar-refractivity contribution in [3.63, 3.8) is 0 Å². The van der Waals surface area contributed by atoms with Crippen LogP contribution in [0.1, 0.15) is 68.0 Å². The Hall–Kier alpha value is -2.65. The number of aliphatic carboxylic acids is 1. The monoisotopic (exact) mass is 475 g/mol. The number of nitrogens with zero attached hydrogens (tertiary/aromatic N) is 1. The molecule has 1 aromatic carbocycles. The van der Waals surface area contributed by atoms with Crippen molar-refractivity contribution < 1.29 is 34.7 Å². The van der Waals surface area contributed by atoms with Gasteiger partial charge in [-0.1, -0.05) is 45.1 Å². The first-order valence-electron chi connectivity index (χ1n) is 11.4. The van der Waals surface area contributed by atoms with E-state index in [0.29, 0.717) is 22.5 Å². The highest BCUT2D eigenvalue weighted by Crippen LogP contribution is 2.37. The van der Waals surface area contributed by atoms with Gasteiger partial charge in [-0.25, -0.2) is 4.39 Å². The van der Waals surface area contributed by atoms with E-state index in [1.54, 1.807) is 18.2 Å². The summed E-state index contributed by atoms with van der Waals surface area (Å²) < 4.78 is 13.7. The number of hydrogen-bond acceptors (Lipinski definition) is 6. The molecule has 8 heteroatoms. The van der Waals surface area contributed by atoms with Crippen LogP contribution < -0.4 is 0 Å². The van der Waals surface area contributed by atoms with Gasteiger partial charge in [-0.15, -0.1) is 0 Å². The summed E-state index contributed by atoms with van der Waals surface area (Å²) >= 11 is 0. The lowest BCUT2D eigenvalue weighted by Gasteiger charge is -2.24. The van der Waals surface area contributed by atoms with Gasteiger partial charge < -0.3 is 25.5 Å². The molecule has 0 saturated carbocycles. The first-order valence-corrected chi connectivity index (χ1v) is 11.4. The van der Waals surface area contributed by atoms with Gasteiger partial charge in [0.2, 0.25) is 0 Å². The lowest BCUT2D eigenvalue weighted by Crippen LogP contribution is -2.19. The van der Waals surface area contributed by atoms with Crippen molar-refractivity contribution in [1.29, 1.82) is 0 Å². The average Bonchev–Trinajstić information content (AvgIpc) is 2.77. The van der Waals surface area contributed by atoms with Gasteiger partial charge in [0.25, 0.3) is 0 Å². The second kappa shape index (κ2) is 12.7. The number of carboxylic acids is 1. The molecule has 0 saturated heterocycles. The van der Waals surface area contributed by atoms with Crippen molar-refractivity contribution in [1.82, 2.24) is 4.98 Å². The Bertz CT molecular complexity index is 990. The molecule has 0 aliphatic heterocycles. The number of benzene rings is 1. The molecule has 1 aromatic heterocycles. The van der Waals surface area contributed by atoms with Crippen LogP contribution in [0, 0.1) is 5.82 Å². The van der Waals surface area contributed by atoms with Crippen LogP contribution in [0.3, 0.4) is 0 Å². The molecule has 2 rings (SSSR count). The Kier molecular flexibility index (Phi) is 10.3. The van der Waals surface area contributed by atoms with E-state index in [1.807, 2.05) is 20.8 Å². The maximum absolute atomic E-state index is 13.7. The van der Waals surface area contributed by atoms with Gasteiger partial charge in [-0.3, -0.25) is 9.78 Å². The van der Waals surface area contributed by atoms with Gasteiger partial charge in [0.15, 0.2) is 0 Å². The van der Waals surface area contributed by atoms with Crippen LogP contribution in [-0.2, 0) is 11.2 Å². The van der Waals surface area contributed by atoms with E-state index in [1.165, 1.54) is 18.2 Å². The Balaban J connectivity index is 2.72. The normalized spacial score (nSPS) is 14.5. The van der Waals surface area contributed by atoms with Crippen LogP contribution in [-0.4, -0.2) is 61.9 Å². The third-order valence-electron chi connectivity index (χ3n) is 5.59. The third kappa shape index (κ3) is 7.17. The molecule has 7 nitrogen and oxygen atoms in total. The molecule has 0 unspecified atom stereocenters. The third-order valence-corrected chi connectivity index (χ3v) is 5.59. The van der Waals surface area contributed by atoms with Crippen molar-refractivity contribution in [2.45, 2.75) is 64.1 Å². The summed E-state index contributed by atoms with van der Waals surface area (Å²) in [6, 6.07) is 5.95. The lowest BCUT2D eigenvalue weighted by atomic mass is 9.85. The van der Waals surface area contributed by atoms with Crippen molar-refractivity contribution in [2.75, 3.05) is 13.2 Å². The summed E-state index contributed by atoms with van der Waals surface area (Å²) in [5.41, 5.74) is 4.16. The second-order valence-electron chi connectivity index (χ2n) is 8.78. The fourth-order valence-electron chi connectivity index (χ4n) is 3.94. The number of halogens is 1. The Morgan fingerprint density at radius 3 is 2.26 bits per heavy atom. The highest BCUT2D eigenvalue weighted by atomic mass is 19.1. The molecule has 0 amide bonds. The van der Waals surface area contributed by atoms with Crippen LogP contribution in [0.25, 0.3) is 17.2 Å². The van der Waals surface area contributed by atoms with E-state index in [-0.39, 0.29) is 37.9 Å². The molecule has 5 N–H and O–H groups in total. The highest BCUT2D eigenvalue weighted by molar-refractivity contribution is 5.80. The zero-order valence-corrected chi connectivity index (χ0v) is 19.8. The molecular weight excluding hydrogens is 441 g/mol. The Morgan fingerprint density at radius 2 is 1.74 bits per heavy atom. The molecule has 0 bridgehead atoms. The van der Waals surface area contributed by atoms with Gasteiger partial charge in [-0.05, 0) is 41.2 Å². The lowest BCUT2D eigenvalue weighted by molar-refractivity contribution is -0.139. The maximum Gasteiger partial charge on any atom is 0.305 e. The second-order valence-corrected chi connectivity index (χ2v) is 8.78. The predicted molar refractivity (Wildman–Crippen MR) is 128 cm³/mol. The van der Waals surface area contributed by atoms with E-state index in [9.17, 15) is 29.6 Å². The van der Waals surface area contributed by atoms with E-state index in [0.717, 1.165) is 11.1 Å². The number of aliphatic hydroxyl groups excluding tert-OH is 4. The van der Waals surface area contributed by atoms with E-state index < -0.39 is 30.4 Å². The number of rotatable bonds is 12. The molecule has 3 atom stereocenters. The van der Waals surface area contributed by atoms with Crippen LogP contribution >= 0.6 is 0 Å². The first-order chi connectivity index (χ1) is 16.1.